The number of allylic oxidation sites excluding steroid dienone is 1. The summed E-state index contributed by atoms with van der Waals surface area (Å²) in [5, 5.41) is 0. The van der Waals surface area contributed by atoms with E-state index in [2.05, 4.69) is 0 Å². The summed E-state index contributed by atoms with van der Waals surface area (Å²) in [6.07, 6.45) is 4.42. The van der Waals surface area contributed by atoms with E-state index in [1.807, 2.05) is 0 Å². The Morgan fingerprint density at radius 2 is 2.12 bits per heavy atom. The molecule has 0 saturated carbocycles. The summed E-state index contributed by atoms with van der Waals surface area (Å²) in [7, 11) is 0. The summed E-state index contributed by atoms with van der Waals surface area (Å²) in [5.41, 5.74) is 0.322. The van der Waals surface area contributed by atoms with E-state index in [1.165, 1.54) is 30.5 Å². The molecule has 1 aromatic heterocycles. The average molecular weight is 216 g/mol. The third-order valence-electron chi connectivity index (χ3n) is 2.05. The minimum atomic E-state index is -0.419. The first-order valence-corrected chi connectivity index (χ1v) is 4.77. The summed E-state index contributed by atoms with van der Waals surface area (Å²) < 4.78 is 17.9. The quantitative estimate of drug-likeness (QED) is 0.582. The summed E-state index contributed by atoms with van der Waals surface area (Å²) in [4.78, 5) is 11.6. The molecule has 1 heterocycles. The van der Waals surface area contributed by atoms with Crippen molar-refractivity contribution in [3.8, 4) is 0 Å². The molecule has 0 bridgehead atoms. The van der Waals surface area contributed by atoms with Gasteiger partial charge in [-0.15, -0.1) is 0 Å². The Kier molecular flexibility index (Phi) is 2.96. The second-order valence-electron chi connectivity index (χ2n) is 3.22. The summed E-state index contributed by atoms with van der Waals surface area (Å²) in [6.45, 7) is 0. The number of rotatable bonds is 3. The highest BCUT2D eigenvalue weighted by Gasteiger charge is 2.02. The lowest BCUT2D eigenvalue weighted by Crippen LogP contribution is -1.94. The highest BCUT2D eigenvalue weighted by molar-refractivity contribution is 6.06. The van der Waals surface area contributed by atoms with Gasteiger partial charge in [-0.05, 0) is 36.4 Å². The molecular formula is C13H9FO2. The number of hydrogen-bond donors (Lipinski definition) is 0. The molecule has 0 aliphatic rings. The molecule has 0 unspecified atom stereocenters. The number of furan rings is 1. The number of carbonyl (C=O) groups excluding carboxylic acids is 1. The minimum absolute atomic E-state index is 0.254. The number of hydrogen-bond acceptors (Lipinski definition) is 2. The molecule has 0 amide bonds. The second kappa shape index (κ2) is 4.57. The Labute approximate surface area is 92.0 Å². The molecule has 0 aliphatic heterocycles. The maximum Gasteiger partial charge on any atom is 0.186 e. The van der Waals surface area contributed by atoms with E-state index in [4.69, 9.17) is 4.42 Å². The first kappa shape index (κ1) is 10.4. The Morgan fingerprint density at radius 3 is 2.81 bits per heavy atom. The molecule has 3 heteroatoms. The van der Waals surface area contributed by atoms with Gasteiger partial charge in [-0.1, -0.05) is 12.1 Å². The zero-order chi connectivity index (χ0) is 11.4. The van der Waals surface area contributed by atoms with E-state index in [-0.39, 0.29) is 5.78 Å². The largest absolute Gasteiger partial charge is 0.465 e. The number of benzene rings is 1. The van der Waals surface area contributed by atoms with Crippen molar-refractivity contribution in [1.29, 1.82) is 0 Å². The Bertz CT molecular complexity index is 512. The van der Waals surface area contributed by atoms with E-state index >= 15 is 0 Å². The number of carbonyl (C=O) groups is 1. The molecule has 0 fully saturated rings. The van der Waals surface area contributed by atoms with E-state index < -0.39 is 5.82 Å². The fourth-order valence-electron chi connectivity index (χ4n) is 1.28. The predicted octanol–water partition coefficient (Wildman–Crippen LogP) is 3.31. The van der Waals surface area contributed by atoms with Crippen molar-refractivity contribution in [2.45, 2.75) is 0 Å². The molecule has 1 aromatic carbocycles. The van der Waals surface area contributed by atoms with Gasteiger partial charge in [0.1, 0.15) is 11.6 Å². The van der Waals surface area contributed by atoms with Gasteiger partial charge in [-0.25, -0.2) is 4.39 Å². The van der Waals surface area contributed by atoms with Gasteiger partial charge < -0.3 is 4.42 Å². The molecule has 2 rings (SSSR count). The van der Waals surface area contributed by atoms with Crippen molar-refractivity contribution in [3.05, 3.63) is 65.9 Å². The first-order chi connectivity index (χ1) is 7.75. The molecule has 0 N–H and O–H groups in total. The Hall–Kier alpha value is -2.16. The van der Waals surface area contributed by atoms with Gasteiger partial charge in [0.05, 0.1) is 6.26 Å². The number of halogens is 1. The molecule has 2 aromatic rings. The van der Waals surface area contributed by atoms with Crippen LogP contribution in [0.3, 0.4) is 0 Å². The molecule has 80 valence electrons. The van der Waals surface area contributed by atoms with Crippen LogP contribution in [0.2, 0.25) is 0 Å². The number of ketones is 1. The normalized spacial score (nSPS) is 10.8. The van der Waals surface area contributed by atoms with E-state index in [1.54, 1.807) is 24.3 Å². The van der Waals surface area contributed by atoms with Gasteiger partial charge in [0.2, 0.25) is 0 Å². The van der Waals surface area contributed by atoms with Crippen LogP contribution in [-0.4, -0.2) is 5.78 Å². The zero-order valence-electron chi connectivity index (χ0n) is 8.39. The molecule has 0 spiro atoms. The van der Waals surface area contributed by atoms with Crippen LogP contribution in [-0.2, 0) is 0 Å². The van der Waals surface area contributed by atoms with E-state index in [0.717, 1.165) is 0 Å². The van der Waals surface area contributed by atoms with Crippen LogP contribution in [0.4, 0.5) is 4.39 Å². The van der Waals surface area contributed by atoms with Gasteiger partial charge >= 0.3 is 0 Å². The van der Waals surface area contributed by atoms with Gasteiger partial charge in [0, 0.05) is 5.56 Å². The van der Waals surface area contributed by atoms with Crippen molar-refractivity contribution in [1.82, 2.24) is 0 Å². The van der Waals surface area contributed by atoms with Gasteiger partial charge in [-0.2, -0.15) is 0 Å². The van der Waals surface area contributed by atoms with Crippen molar-refractivity contribution in [2.24, 2.45) is 0 Å². The lowest BCUT2D eigenvalue weighted by atomic mass is 10.1. The third kappa shape index (κ3) is 2.45. The van der Waals surface area contributed by atoms with E-state index in [9.17, 15) is 9.18 Å². The maximum absolute atomic E-state index is 12.8. The highest BCUT2D eigenvalue weighted by atomic mass is 19.1. The van der Waals surface area contributed by atoms with Crippen molar-refractivity contribution in [3.63, 3.8) is 0 Å². The predicted molar refractivity (Wildman–Crippen MR) is 58.5 cm³/mol. The first-order valence-electron chi connectivity index (χ1n) is 4.77. The fraction of sp³-hybridized carbons (Fsp3) is 0. The summed E-state index contributed by atoms with van der Waals surface area (Å²) in [6, 6.07) is 9.03. The lowest BCUT2D eigenvalue weighted by molar-refractivity contribution is 0.104. The van der Waals surface area contributed by atoms with Crippen LogP contribution in [0.25, 0.3) is 6.08 Å². The lowest BCUT2D eigenvalue weighted by Gasteiger charge is -1.94. The molecule has 16 heavy (non-hydrogen) atoms. The maximum atomic E-state index is 12.8. The molecule has 0 aliphatic carbocycles. The van der Waals surface area contributed by atoms with Crippen molar-refractivity contribution < 1.29 is 13.6 Å². The third-order valence-corrected chi connectivity index (χ3v) is 2.05. The zero-order valence-corrected chi connectivity index (χ0v) is 8.39. The molecule has 0 saturated heterocycles. The minimum Gasteiger partial charge on any atom is -0.465 e. The molecular weight excluding hydrogens is 207 g/mol. The van der Waals surface area contributed by atoms with Crippen LogP contribution >= 0.6 is 0 Å². The van der Waals surface area contributed by atoms with Crippen molar-refractivity contribution in [2.75, 3.05) is 0 Å². The topological polar surface area (TPSA) is 30.2 Å². The van der Waals surface area contributed by atoms with Crippen LogP contribution in [0.5, 0.6) is 0 Å². The molecule has 2 nitrogen and oxygen atoms in total. The summed E-state index contributed by atoms with van der Waals surface area (Å²) in [5.74, 6) is -0.0853. The van der Waals surface area contributed by atoms with Gasteiger partial charge in [-0.3, -0.25) is 4.79 Å². The Balaban J connectivity index is 2.15. The van der Waals surface area contributed by atoms with Gasteiger partial charge in [0.25, 0.3) is 0 Å². The van der Waals surface area contributed by atoms with E-state index in [0.29, 0.717) is 11.3 Å². The average Bonchev–Trinajstić information content (AvgIpc) is 2.78. The second-order valence-corrected chi connectivity index (χ2v) is 3.22. The fourth-order valence-corrected chi connectivity index (χ4v) is 1.28. The van der Waals surface area contributed by atoms with Crippen LogP contribution in [0.15, 0.2) is 53.2 Å². The summed E-state index contributed by atoms with van der Waals surface area (Å²) >= 11 is 0. The monoisotopic (exact) mass is 216 g/mol. The molecule has 0 atom stereocenters. The van der Waals surface area contributed by atoms with Crippen LogP contribution in [0.1, 0.15) is 16.1 Å². The standard InChI is InChI=1S/C13H9FO2/c14-11-4-1-3-10(9-11)13(15)7-6-12-5-2-8-16-12/h1-9H/b7-6+. The van der Waals surface area contributed by atoms with Gasteiger partial charge in [0.15, 0.2) is 5.78 Å². The smallest absolute Gasteiger partial charge is 0.186 e. The molecule has 0 radical (unpaired) electrons. The van der Waals surface area contributed by atoms with Crippen LogP contribution < -0.4 is 0 Å². The SMILES string of the molecule is O=C(/C=C/c1ccco1)c1cccc(F)c1. The highest BCUT2D eigenvalue weighted by Crippen LogP contribution is 2.07. The van der Waals surface area contributed by atoms with Crippen molar-refractivity contribution >= 4 is 11.9 Å². The van der Waals surface area contributed by atoms with Crippen LogP contribution in [0, 0.1) is 5.82 Å². The Morgan fingerprint density at radius 1 is 1.25 bits per heavy atom.